The van der Waals surface area contributed by atoms with Crippen LogP contribution in [-0.4, -0.2) is 52.6 Å². The first-order chi connectivity index (χ1) is 15.8. The van der Waals surface area contributed by atoms with Crippen LogP contribution in [0.3, 0.4) is 0 Å². The van der Waals surface area contributed by atoms with Crippen molar-refractivity contribution in [3.63, 3.8) is 0 Å². The zero-order valence-corrected chi connectivity index (χ0v) is 19.1. The molecule has 0 spiro atoms. The van der Waals surface area contributed by atoms with Gasteiger partial charge in [0.1, 0.15) is 18.4 Å². The first-order valence-electron chi connectivity index (χ1n) is 10.6. The fraction of sp³-hybridized carbons (Fsp3) is 0.348. The van der Waals surface area contributed by atoms with E-state index in [2.05, 4.69) is 11.9 Å². The van der Waals surface area contributed by atoms with Crippen molar-refractivity contribution in [1.82, 2.24) is 10.2 Å². The van der Waals surface area contributed by atoms with Crippen molar-refractivity contribution in [3.8, 4) is 0 Å². The number of benzene rings is 2. The molecule has 0 aliphatic carbocycles. The Morgan fingerprint density at radius 1 is 1.27 bits per heavy atom. The normalized spacial score (nSPS) is 25.1. The van der Waals surface area contributed by atoms with Gasteiger partial charge in [0, 0.05) is 18.3 Å². The highest BCUT2D eigenvalue weighted by molar-refractivity contribution is 7.47. The van der Waals surface area contributed by atoms with Crippen LogP contribution in [0.4, 0.5) is 4.79 Å². The van der Waals surface area contributed by atoms with Gasteiger partial charge in [0.2, 0.25) is 0 Å². The minimum atomic E-state index is -4.43. The zero-order chi connectivity index (χ0) is 23.6. The molecule has 2 aliphatic rings. The molecule has 2 aromatic rings. The van der Waals surface area contributed by atoms with Gasteiger partial charge in [0.25, 0.3) is 0 Å². The monoisotopic (exact) mass is 474 g/mol. The second kappa shape index (κ2) is 9.77. The van der Waals surface area contributed by atoms with E-state index in [4.69, 9.17) is 13.8 Å². The number of aliphatic hydroxyl groups is 1. The molecule has 2 aliphatic heterocycles. The summed E-state index contributed by atoms with van der Waals surface area (Å²) in [6.07, 6.45) is -0.493. The van der Waals surface area contributed by atoms with E-state index >= 15 is 0 Å². The highest BCUT2D eigenvalue weighted by Crippen LogP contribution is 2.47. The molecule has 176 valence electrons. The van der Waals surface area contributed by atoms with Crippen LogP contribution in [0.15, 0.2) is 66.5 Å². The Hall–Kier alpha value is -2.52. The number of hydrogen-bond acceptors (Lipinski definition) is 6. The number of hydrogen-bond donors (Lipinski definition) is 3. The number of urea groups is 1. The van der Waals surface area contributed by atoms with Crippen LogP contribution in [0.25, 0.3) is 10.8 Å². The van der Waals surface area contributed by atoms with Gasteiger partial charge in [-0.05, 0) is 35.3 Å². The highest BCUT2D eigenvalue weighted by Gasteiger charge is 2.44. The molecular weight excluding hydrogens is 447 g/mol. The molecule has 1 fully saturated rings. The number of nitrogens with zero attached hydrogens (tertiary/aromatic N) is 1. The van der Waals surface area contributed by atoms with E-state index in [1.54, 1.807) is 13.1 Å². The molecule has 3 N–H and O–H groups in total. The second-order valence-corrected chi connectivity index (χ2v) is 9.42. The predicted octanol–water partition coefficient (Wildman–Crippen LogP) is 3.43. The van der Waals surface area contributed by atoms with E-state index in [1.165, 1.54) is 4.90 Å². The summed E-state index contributed by atoms with van der Waals surface area (Å²) < 4.78 is 28.8. The summed E-state index contributed by atoms with van der Waals surface area (Å²) in [5.41, 5.74) is 2.22. The maximum Gasteiger partial charge on any atom is 0.472 e. The summed E-state index contributed by atoms with van der Waals surface area (Å²) in [6.45, 7) is 5.07. The Kier molecular flexibility index (Phi) is 6.99. The van der Waals surface area contributed by atoms with Gasteiger partial charge in [0.15, 0.2) is 0 Å². The standard InChI is InChI=1S/C23H27N2O7P/c1-15-13-25(23(27)24-16(15)2)22-12-20(21(14-26)31-22)32-33(28,29)30-11-10-18-8-5-7-17-6-3-4-9-19(17)18/h3-9,13,20-22,26H,2,10-12,14H2,1H3,(H,24,27)(H,28,29). The molecule has 33 heavy (non-hydrogen) atoms. The van der Waals surface area contributed by atoms with Crippen molar-refractivity contribution in [1.29, 1.82) is 0 Å². The van der Waals surface area contributed by atoms with Crippen LogP contribution in [0, 0.1) is 0 Å². The van der Waals surface area contributed by atoms with Gasteiger partial charge in [-0.1, -0.05) is 49.0 Å². The first kappa shape index (κ1) is 23.6. The van der Waals surface area contributed by atoms with Gasteiger partial charge >= 0.3 is 13.9 Å². The number of carbonyl (C=O) groups is 1. The molecule has 0 radical (unpaired) electrons. The van der Waals surface area contributed by atoms with E-state index in [0.717, 1.165) is 21.9 Å². The first-order valence-corrected chi connectivity index (χ1v) is 12.1. The molecule has 4 rings (SSSR count). The van der Waals surface area contributed by atoms with E-state index in [1.807, 2.05) is 42.5 Å². The topological polar surface area (TPSA) is 118 Å². The van der Waals surface area contributed by atoms with Gasteiger partial charge in [-0.2, -0.15) is 0 Å². The molecule has 2 heterocycles. The molecule has 10 heteroatoms. The minimum Gasteiger partial charge on any atom is -0.394 e. The summed E-state index contributed by atoms with van der Waals surface area (Å²) in [6, 6.07) is 13.3. The van der Waals surface area contributed by atoms with Crippen molar-refractivity contribution in [2.45, 2.75) is 38.2 Å². The lowest BCUT2D eigenvalue weighted by Gasteiger charge is -2.30. The van der Waals surface area contributed by atoms with Gasteiger partial charge < -0.3 is 20.1 Å². The van der Waals surface area contributed by atoms with Crippen LogP contribution in [0.1, 0.15) is 18.9 Å². The Labute approximate surface area is 191 Å². The lowest BCUT2D eigenvalue weighted by atomic mass is 10.0. The molecule has 2 amide bonds. The van der Waals surface area contributed by atoms with Crippen molar-refractivity contribution in [3.05, 3.63) is 72.1 Å². The minimum absolute atomic E-state index is 0.0266. The van der Waals surface area contributed by atoms with Gasteiger partial charge in [-0.15, -0.1) is 0 Å². The Morgan fingerprint density at radius 3 is 2.82 bits per heavy atom. The van der Waals surface area contributed by atoms with Gasteiger partial charge in [0.05, 0.1) is 13.2 Å². The van der Waals surface area contributed by atoms with Crippen LogP contribution in [0.5, 0.6) is 0 Å². The van der Waals surface area contributed by atoms with E-state index in [-0.39, 0.29) is 13.0 Å². The lowest BCUT2D eigenvalue weighted by Crippen LogP contribution is -2.45. The number of nitrogens with one attached hydrogen (secondary N) is 1. The fourth-order valence-electron chi connectivity index (χ4n) is 3.98. The Morgan fingerprint density at radius 2 is 2.03 bits per heavy atom. The summed E-state index contributed by atoms with van der Waals surface area (Å²) >= 11 is 0. The summed E-state index contributed by atoms with van der Waals surface area (Å²) in [4.78, 5) is 23.9. The van der Waals surface area contributed by atoms with E-state index in [9.17, 15) is 19.4 Å². The largest absolute Gasteiger partial charge is 0.472 e. The fourth-order valence-corrected chi connectivity index (χ4v) is 4.93. The van der Waals surface area contributed by atoms with Gasteiger partial charge in [-0.25, -0.2) is 9.36 Å². The van der Waals surface area contributed by atoms with Crippen LogP contribution in [0.2, 0.25) is 0 Å². The number of phosphoric acid groups is 1. The third-order valence-corrected chi connectivity index (χ3v) is 6.79. The van der Waals surface area contributed by atoms with Crippen LogP contribution in [-0.2, 0) is 24.8 Å². The van der Waals surface area contributed by atoms with Crippen LogP contribution >= 0.6 is 7.82 Å². The smallest absolute Gasteiger partial charge is 0.394 e. The molecule has 1 saturated heterocycles. The number of phosphoric ester groups is 1. The number of fused-ring (bicyclic) bond motifs is 1. The summed E-state index contributed by atoms with van der Waals surface area (Å²) in [5.74, 6) is 0. The number of allylic oxidation sites excluding steroid dienone is 1. The SMILES string of the molecule is C=C1NC(=O)N(C2CC(OP(=O)(O)OCCc3cccc4ccccc34)C(CO)O2)C=C1C. The summed E-state index contributed by atoms with van der Waals surface area (Å²) in [7, 11) is -4.43. The highest BCUT2D eigenvalue weighted by atomic mass is 31.2. The third-order valence-electron chi connectivity index (χ3n) is 5.75. The molecule has 0 saturated carbocycles. The zero-order valence-electron chi connectivity index (χ0n) is 18.2. The molecule has 0 aromatic heterocycles. The average Bonchev–Trinajstić information content (AvgIpc) is 3.18. The number of rotatable bonds is 8. The van der Waals surface area contributed by atoms with Crippen molar-refractivity contribution in [2.75, 3.05) is 13.2 Å². The van der Waals surface area contributed by atoms with Crippen molar-refractivity contribution in [2.24, 2.45) is 0 Å². The van der Waals surface area contributed by atoms with E-state index in [0.29, 0.717) is 12.1 Å². The van der Waals surface area contributed by atoms with Crippen molar-refractivity contribution >= 4 is 24.6 Å². The third kappa shape index (κ3) is 5.35. The molecule has 9 nitrogen and oxygen atoms in total. The maximum atomic E-state index is 12.6. The number of carbonyl (C=O) groups excluding carboxylic acids is 1. The number of aliphatic hydroxyl groups excluding tert-OH is 1. The molecule has 4 unspecified atom stereocenters. The quantitative estimate of drug-likeness (QED) is 0.502. The van der Waals surface area contributed by atoms with Crippen molar-refractivity contribution < 1.29 is 33.1 Å². The predicted molar refractivity (Wildman–Crippen MR) is 122 cm³/mol. The van der Waals surface area contributed by atoms with Gasteiger partial charge in [-0.3, -0.25) is 13.9 Å². The maximum absolute atomic E-state index is 12.6. The molecular formula is C23H27N2O7P. The lowest BCUT2D eigenvalue weighted by molar-refractivity contribution is -0.0539. The molecule has 2 aromatic carbocycles. The summed E-state index contributed by atoms with van der Waals surface area (Å²) in [5, 5.41) is 14.4. The van der Waals surface area contributed by atoms with Crippen LogP contribution < -0.4 is 5.32 Å². The second-order valence-electron chi connectivity index (χ2n) is 8.01. The number of amides is 2. The number of ether oxygens (including phenoxy) is 1. The molecule has 4 atom stereocenters. The Balaban J connectivity index is 1.37. The Bertz CT molecular complexity index is 1130. The van der Waals surface area contributed by atoms with E-state index < -0.39 is 38.9 Å². The molecule has 0 bridgehead atoms. The average molecular weight is 474 g/mol.